The fourth-order valence-electron chi connectivity index (χ4n) is 2.76. The Morgan fingerprint density at radius 2 is 0.923 bits per heavy atom. The highest BCUT2D eigenvalue weighted by atomic mass is 16.5. The van der Waals surface area contributed by atoms with Gasteiger partial charge in [0, 0.05) is 0 Å². The van der Waals surface area contributed by atoms with Gasteiger partial charge >= 0.3 is 0 Å². The molecule has 0 N–H and O–H groups in total. The van der Waals surface area contributed by atoms with Crippen molar-refractivity contribution < 1.29 is 9.47 Å². The van der Waals surface area contributed by atoms with Gasteiger partial charge in [-0.05, 0) is 49.2 Å². The summed E-state index contributed by atoms with van der Waals surface area (Å²) in [6, 6.07) is 23.5. The molecular formula is C22H18N2O2. The topological polar surface area (TPSA) is 44.2 Å². The van der Waals surface area contributed by atoms with E-state index in [1.54, 1.807) is 0 Å². The SMILES string of the molecule is Cc1ccccc1Oc1nnc(Oc2ccccc2C)c2ccccc12. The van der Waals surface area contributed by atoms with E-state index in [0.717, 1.165) is 33.4 Å². The Labute approximate surface area is 152 Å². The molecule has 4 rings (SSSR count). The van der Waals surface area contributed by atoms with Crippen molar-refractivity contribution >= 4 is 10.8 Å². The van der Waals surface area contributed by atoms with E-state index in [2.05, 4.69) is 10.2 Å². The molecule has 0 aliphatic heterocycles. The number of para-hydroxylation sites is 2. The third kappa shape index (κ3) is 3.09. The molecular weight excluding hydrogens is 324 g/mol. The lowest BCUT2D eigenvalue weighted by atomic mass is 10.2. The van der Waals surface area contributed by atoms with E-state index >= 15 is 0 Å². The number of rotatable bonds is 4. The quantitative estimate of drug-likeness (QED) is 0.468. The fraction of sp³-hybridized carbons (Fsp3) is 0.0909. The Balaban J connectivity index is 1.76. The highest BCUT2D eigenvalue weighted by Gasteiger charge is 2.13. The predicted octanol–water partition coefficient (Wildman–Crippen LogP) is 5.83. The van der Waals surface area contributed by atoms with Gasteiger partial charge in [0.1, 0.15) is 11.5 Å². The van der Waals surface area contributed by atoms with Gasteiger partial charge in [-0.2, -0.15) is 0 Å². The average Bonchev–Trinajstić information content (AvgIpc) is 2.67. The zero-order valence-electron chi connectivity index (χ0n) is 14.6. The molecule has 3 aromatic carbocycles. The van der Waals surface area contributed by atoms with Crippen LogP contribution in [-0.4, -0.2) is 10.2 Å². The van der Waals surface area contributed by atoms with Crippen molar-refractivity contribution in [3.05, 3.63) is 83.9 Å². The van der Waals surface area contributed by atoms with Crippen LogP contribution in [0.4, 0.5) is 0 Å². The van der Waals surface area contributed by atoms with Crippen molar-refractivity contribution in [1.29, 1.82) is 0 Å². The van der Waals surface area contributed by atoms with Crippen LogP contribution < -0.4 is 9.47 Å². The highest BCUT2D eigenvalue weighted by Crippen LogP contribution is 2.35. The van der Waals surface area contributed by atoms with Gasteiger partial charge in [0.2, 0.25) is 11.8 Å². The van der Waals surface area contributed by atoms with Crippen LogP contribution in [0, 0.1) is 13.8 Å². The molecule has 0 aliphatic carbocycles. The molecule has 0 saturated heterocycles. The Morgan fingerprint density at radius 1 is 0.538 bits per heavy atom. The number of aromatic nitrogens is 2. The van der Waals surface area contributed by atoms with Crippen LogP contribution in [0.5, 0.6) is 23.3 Å². The molecule has 26 heavy (non-hydrogen) atoms. The van der Waals surface area contributed by atoms with Gasteiger partial charge in [-0.3, -0.25) is 0 Å². The molecule has 0 atom stereocenters. The first-order chi connectivity index (χ1) is 12.7. The summed E-state index contributed by atoms with van der Waals surface area (Å²) in [7, 11) is 0. The van der Waals surface area contributed by atoms with E-state index in [0.29, 0.717) is 11.8 Å². The molecule has 0 bridgehead atoms. The third-order valence-electron chi connectivity index (χ3n) is 4.22. The second kappa shape index (κ2) is 6.84. The van der Waals surface area contributed by atoms with Gasteiger partial charge in [0.25, 0.3) is 0 Å². The maximum absolute atomic E-state index is 6.02. The van der Waals surface area contributed by atoms with Crippen LogP contribution in [0.3, 0.4) is 0 Å². The van der Waals surface area contributed by atoms with E-state index in [1.165, 1.54) is 0 Å². The summed E-state index contributed by atoms with van der Waals surface area (Å²) in [5.41, 5.74) is 2.08. The number of benzene rings is 3. The van der Waals surface area contributed by atoms with Crippen molar-refractivity contribution in [3.63, 3.8) is 0 Å². The molecule has 0 radical (unpaired) electrons. The smallest absolute Gasteiger partial charge is 0.247 e. The summed E-state index contributed by atoms with van der Waals surface area (Å²) in [5.74, 6) is 2.46. The van der Waals surface area contributed by atoms with E-state index in [1.807, 2.05) is 86.6 Å². The molecule has 0 saturated carbocycles. The van der Waals surface area contributed by atoms with Crippen LogP contribution in [0.2, 0.25) is 0 Å². The molecule has 0 spiro atoms. The monoisotopic (exact) mass is 342 g/mol. The van der Waals surface area contributed by atoms with Crippen molar-refractivity contribution in [1.82, 2.24) is 10.2 Å². The minimum atomic E-state index is 0.465. The lowest BCUT2D eigenvalue weighted by Crippen LogP contribution is -1.98. The normalized spacial score (nSPS) is 10.7. The number of aryl methyl sites for hydroxylation is 2. The van der Waals surface area contributed by atoms with E-state index in [4.69, 9.17) is 9.47 Å². The molecule has 4 heteroatoms. The highest BCUT2D eigenvalue weighted by molar-refractivity contribution is 5.90. The molecule has 0 aliphatic rings. The lowest BCUT2D eigenvalue weighted by Gasteiger charge is -2.12. The van der Waals surface area contributed by atoms with Gasteiger partial charge < -0.3 is 9.47 Å². The number of ether oxygens (including phenoxy) is 2. The summed E-state index contributed by atoms with van der Waals surface area (Å²) in [6.07, 6.45) is 0. The van der Waals surface area contributed by atoms with Crippen molar-refractivity contribution in [3.8, 4) is 23.3 Å². The number of hydrogen-bond acceptors (Lipinski definition) is 4. The molecule has 4 aromatic rings. The maximum atomic E-state index is 6.02. The van der Waals surface area contributed by atoms with Gasteiger partial charge in [-0.1, -0.05) is 48.5 Å². The second-order valence-corrected chi connectivity index (χ2v) is 6.09. The molecule has 128 valence electrons. The largest absolute Gasteiger partial charge is 0.437 e. The summed E-state index contributed by atoms with van der Waals surface area (Å²) in [5, 5.41) is 10.3. The lowest BCUT2D eigenvalue weighted by molar-refractivity contribution is 0.433. The average molecular weight is 342 g/mol. The summed E-state index contributed by atoms with van der Waals surface area (Å²) < 4.78 is 12.0. The first kappa shape index (κ1) is 16.1. The Morgan fingerprint density at radius 3 is 1.35 bits per heavy atom. The minimum absolute atomic E-state index is 0.465. The van der Waals surface area contributed by atoms with Crippen LogP contribution in [0.1, 0.15) is 11.1 Å². The maximum Gasteiger partial charge on any atom is 0.247 e. The summed E-state index contributed by atoms with van der Waals surface area (Å²) in [4.78, 5) is 0. The molecule has 1 aromatic heterocycles. The zero-order valence-corrected chi connectivity index (χ0v) is 14.6. The van der Waals surface area contributed by atoms with E-state index < -0.39 is 0 Å². The number of hydrogen-bond donors (Lipinski definition) is 0. The predicted molar refractivity (Wildman–Crippen MR) is 102 cm³/mol. The van der Waals surface area contributed by atoms with Crippen molar-refractivity contribution in [2.24, 2.45) is 0 Å². The molecule has 0 unspecified atom stereocenters. The van der Waals surface area contributed by atoms with Crippen LogP contribution >= 0.6 is 0 Å². The fourth-order valence-corrected chi connectivity index (χ4v) is 2.76. The molecule has 0 amide bonds. The van der Waals surface area contributed by atoms with Crippen molar-refractivity contribution in [2.45, 2.75) is 13.8 Å². The Kier molecular flexibility index (Phi) is 4.23. The molecule has 4 nitrogen and oxygen atoms in total. The van der Waals surface area contributed by atoms with Crippen molar-refractivity contribution in [2.75, 3.05) is 0 Å². The molecule has 1 heterocycles. The number of fused-ring (bicyclic) bond motifs is 1. The van der Waals surface area contributed by atoms with Gasteiger partial charge in [-0.15, -0.1) is 10.2 Å². The van der Waals surface area contributed by atoms with Gasteiger partial charge in [-0.25, -0.2) is 0 Å². The van der Waals surface area contributed by atoms with E-state index in [-0.39, 0.29) is 0 Å². The van der Waals surface area contributed by atoms with Crippen LogP contribution in [0.25, 0.3) is 10.8 Å². The standard InChI is InChI=1S/C22H18N2O2/c1-15-9-3-7-13-19(15)25-21-17-11-5-6-12-18(17)22(24-23-21)26-20-14-8-4-10-16(20)2/h3-14H,1-2H3. The van der Waals surface area contributed by atoms with Gasteiger partial charge in [0.15, 0.2) is 0 Å². The Bertz CT molecular complexity index is 990. The zero-order chi connectivity index (χ0) is 17.9. The molecule has 0 fully saturated rings. The van der Waals surface area contributed by atoms with Gasteiger partial charge in [0.05, 0.1) is 10.8 Å². The summed E-state index contributed by atoms with van der Waals surface area (Å²) >= 11 is 0. The third-order valence-corrected chi connectivity index (χ3v) is 4.22. The van der Waals surface area contributed by atoms with Crippen LogP contribution in [-0.2, 0) is 0 Å². The van der Waals surface area contributed by atoms with Crippen LogP contribution in [0.15, 0.2) is 72.8 Å². The first-order valence-corrected chi connectivity index (χ1v) is 8.45. The Hall–Kier alpha value is -3.40. The summed E-state index contributed by atoms with van der Waals surface area (Å²) in [6.45, 7) is 4.00. The first-order valence-electron chi connectivity index (χ1n) is 8.45. The second-order valence-electron chi connectivity index (χ2n) is 6.09. The minimum Gasteiger partial charge on any atom is -0.437 e. The number of nitrogens with zero attached hydrogens (tertiary/aromatic N) is 2. The van der Waals surface area contributed by atoms with E-state index in [9.17, 15) is 0 Å².